The van der Waals surface area contributed by atoms with Gasteiger partial charge in [0.2, 0.25) is 11.8 Å². The van der Waals surface area contributed by atoms with Crippen LogP contribution in [0.15, 0.2) is 66.3 Å². The van der Waals surface area contributed by atoms with Gasteiger partial charge in [-0.25, -0.2) is 0 Å². The third-order valence-electron chi connectivity index (χ3n) is 5.14. The van der Waals surface area contributed by atoms with Gasteiger partial charge in [0.1, 0.15) is 12.0 Å². The molecule has 2 aromatic carbocycles. The van der Waals surface area contributed by atoms with Crippen molar-refractivity contribution in [3.8, 4) is 16.9 Å². The summed E-state index contributed by atoms with van der Waals surface area (Å²) in [5, 5.41) is 0. The van der Waals surface area contributed by atoms with Crippen molar-refractivity contribution in [2.75, 3.05) is 7.11 Å². The Morgan fingerprint density at radius 3 is 2.62 bits per heavy atom. The van der Waals surface area contributed by atoms with Crippen LogP contribution in [-0.2, 0) is 16.0 Å². The fourth-order valence-corrected chi connectivity index (χ4v) is 3.59. The lowest BCUT2D eigenvalue weighted by Gasteiger charge is -2.30. The molecule has 0 saturated heterocycles. The van der Waals surface area contributed by atoms with E-state index in [0.29, 0.717) is 23.3 Å². The molecule has 4 N–H and O–H groups in total. The van der Waals surface area contributed by atoms with Gasteiger partial charge in [-0.3, -0.25) is 14.4 Å². The molecule has 29 heavy (non-hydrogen) atoms. The summed E-state index contributed by atoms with van der Waals surface area (Å²) in [6.45, 7) is 0. The number of primary amides is 2. The van der Waals surface area contributed by atoms with Gasteiger partial charge in [0.25, 0.3) is 0 Å². The number of carbonyl (C=O) groups is 3. The van der Waals surface area contributed by atoms with Gasteiger partial charge in [0, 0.05) is 16.7 Å². The van der Waals surface area contributed by atoms with Crippen LogP contribution in [0.5, 0.6) is 5.75 Å². The molecule has 0 bridgehead atoms. The molecule has 1 unspecified atom stereocenters. The summed E-state index contributed by atoms with van der Waals surface area (Å²) in [6, 6.07) is 12.7. The Balaban J connectivity index is 2.02. The first-order valence-corrected chi connectivity index (χ1v) is 9.09. The highest BCUT2D eigenvalue weighted by Gasteiger charge is 2.37. The first-order valence-electron chi connectivity index (χ1n) is 9.09. The van der Waals surface area contributed by atoms with E-state index in [4.69, 9.17) is 16.2 Å². The highest BCUT2D eigenvalue weighted by Crippen LogP contribution is 2.38. The van der Waals surface area contributed by atoms with Crippen LogP contribution in [0.1, 0.15) is 22.3 Å². The van der Waals surface area contributed by atoms with E-state index >= 15 is 0 Å². The Kier molecular flexibility index (Phi) is 5.64. The molecular weight excluding hydrogens is 368 g/mol. The van der Waals surface area contributed by atoms with Crippen LogP contribution in [0.4, 0.5) is 0 Å². The zero-order chi connectivity index (χ0) is 21.0. The predicted octanol–water partition coefficient (Wildman–Crippen LogP) is 2.56. The van der Waals surface area contributed by atoms with Gasteiger partial charge in [-0.15, -0.1) is 0 Å². The summed E-state index contributed by atoms with van der Waals surface area (Å²) in [4.78, 5) is 35.1. The van der Waals surface area contributed by atoms with Crippen molar-refractivity contribution in [3.05, 3.63) is 77.4 Å². The minimum absolute atomic E-state index is 0.149. The van der Waals surface area contributed by atoms with Crippen molar-refractivity contribution < 1.29 is 19.1 Å². The van der Waals surface area contributed by atoms with Crippen molar-refractivity contribution >= 4 is 18.1 Å². The topological polar surface area (TPSA) is 112 Å². The lowest BCUT2D eigenvalue weighted by atomic mass is 9.73. The lowest BCUT2D eigenvalue weighted by molar-refractivity contribution is -0.125. The smallest absolute Gasteiger partial charge is 0.244 e. The Bertz CT molecular complexity index is 1040. The number of rotatable bonds is 7. The fourth-order valence-electron chi connectivity index (χ4n) is 3.59. The molecular formula is C23H22N2O4. The molecule has 2 amide bonds. The van der Waals surface area contributed by atoms with Crippen LogP contribution in [0.3, 0.4) is 0 Å². The van der Waals surface area contributed by atoms with Gasteiger partial charge in [-0.05, 0) is 42.2 Å². The number of carbonyl (C=O) groups excluding carboxylic acids is 3. The molecule has 1 atom stereocenters. The summed E-state index contributed by atoms with van der Waals surface area (Å²) < 4.78 is 5.48. The number of ether oxygens (including phenoxy) is 1. The van der Waals surface area contributed by atoms with Gasteiger partial charge >= 0.3 is 0 Å². The van der Waals surface area contributed by atoms with Crippen LogP contribution in [-0.4, -0.2) is 25.2 Å². The van der Waals surface area contributed by atoms with Crippen LogP contribution in [0.2, 0.25) is 0 Å². The fraction of sp³-hybridized carbons (Fsp3) is 0.174. The summed E-state index contributed by atoms with van der Waals surface area (Å²) in [5.74, 6) is -0.455. The maximum atomic E-state index is 12.3. The second kappa shape index (κ2) is 8.14. The van der Waals surface area contributed by atoms with E-state index in [1.807, 2.05) is 24.3 Å². The summed E-state index contributed by atoms with van der Waals surface area (Å²) in [6.07, 6.45) is 6.20. The molecule has 0 heterocycles. The van der Waals surface area contributed by atoms with E-state index in [1.165, 1.54) is 0 Å². The average molecular weight is 390 g/mol. The van der Waals surface area contributed by atoms with E-state index in [2.05, 4.69) is 0 Å². The Morgan fingerprint density at radius 1 is 1.17 bits per heavy atom. The highest BCUT2D eigenvalue weighted by molar-refractivity contribution is 5.95. The molecule has 0 aliphatic heterocycles. The predicted molar refractivity (Wildman–Crippen MR) is 110 cm³/mol. The monoisotopic (exact) mass is 390 g/mol. The molecule has 6 heteroatoms. The van der Waals surface area contributed by atoms with Crippen LogP contribution < -0.4 is 16.2 Å². The van der Waals surface area contributed by atoms with Crippen LogP contribution >= 0.6 is 0 Å². The Labute approximate surface area is 168 Å². The van der Waals surface area contributed by atoms with E-state index in [9.17, 15) is 14.4 Å². The number of nitrogens with two attached hydrogens (primary N) is 2. The lowest BCUT2D eigenvalue weighted by Crippen LogP contribution is -2.40. The zero-order valence-electron chi connectivity index (χ0n) is 16.1. The second-order valence-electron chi connectivity index (χ2n) is 7.07. The third-order valence-corrected chi connectivity index (χ3v) is 5.14. The van der Waals surface area contributed by atoms with Crippen molar-refractivity contribution in [2.45, 2.75) is 12.8 Å². The average Bonchev–Trinajstić information content (AvgIpc) is 2.73. The van der Waals surface area contributed by atoms with Crippen molar-refractivity contribution in [3.63, 3.8) is 0 Å². The first-order chi connectivity index (χ1) is 13.9. The standard InChI is InChI=1S/C23H22N2O4/c1-29-20-8-7-15(11-19(20)17-5-2-4-16(10-17)14-26)12-23(22(25)28)9-3-6-18(13-23)21(24)27/h2-11,14H,12-13H2,1H3,(H2,24,27)(H2,25,28). The number of aldehydes is 1. The number of hydrogen-bond acceptors (Lipinski definition) is 4. The number of hydrogen-bond donors (Lipinski definition) is 2. The van der Waals surface area contributed by atoms with E-state index in [-0.39, 0.29) is 6.42 Å². The SMILES string of the molecule is COc1ccc(CC2(C(N)=O)C=CC=C(C(N)=O)C2)cc1-c1cccc(C=O)c1. The van der Waals surface area contributed by atoms with Crippen molar-refractivity contribution in [1.29, 1.82) is 0 Å². The molecule has 1 aliphatic carbocycles. The number of benzene rings is 2. The minimum Gasteiger partial charge on any atom is -0.496 e. The molecule has 2 aromatic rings. The molecule has 0 spiro atoms. The molecule has 0 saturated carbocycles. The van der Waals surface area contributed by atoms with Crippen molar-refractivity contribution in [2.24, 2.45) is 16.9 Å². The van der Waals surface area contributed by atoms with E-state index < -0.39 is 17.2 Å². The number of allylic oxidation sites excluding steroid dienone is 2. The van der Waals surface area contributed by atoms with Gasteiger partial charge in [-0.1, -0.05) is 42.5 Å². The Morgan fingerprint density at radius 2 is 1.97 bits per heavy atom. The molecule has 0 aromatic heterocycles. The number of amides is 2. The van der Waals surface area contributed by atoms with Crippen LogP contribution in [0.25, 0.3) is 11.1 Å². The van der Waals surface area contributed by atoms with E-state index in [1.54, 1.807) is 43.5 Å². The highest BCUT2D eigenvalue weighted by atomic mass is 16.5. The summed E-state index contributed by atoms with van der Waals surface area (Å²) in [5.41, 5.74) is 13.4. The van der Waals surface area contributed by atoms with Gasteiger partial charge < -0.3 is 16.2 Å². The molecule has 1 aliphatic rings. The van der Waals surface area contributed by atoms with Gasteiger partial charge in [0.15, 0.2) is 0 Å². The molecule has 148 valence electrons. The zero-order valence-corrected chi connectivity index (χ0v) is 16.1. The molecule has 0 radical (unpaired) electrons. The minimum atomic E-state index is -1.05. The maximum absolute atomic E-state index is 12.3. The number of methoxy groups -OCH3 is 1. The summed E-state index contributed by atoms with van der Waals surface area (Å²) >= 11 is 0. The van der Waals surface area contributed by atoms with E-state index in [0.717, 1.165) is 23.0 Å². The largest absolute Gasteiger partial charge is 0.496 e. The maximum Gasteiger partial charge on any atom is 0.244 e. The first kappa shape index (κ1) is 20.1. The second-order valence-corrected chi connectivity index (χ2v) is 7.07. The van der Waals surface area contributed by atoms with Gasteiger partial charge in [-0.2, -0.15) is 0 Å². The van der Waals surface area contributed by atoms with Crippen LogP contribution in [0, 0.1) is 5.41 Å². The molecule has 3 rings (SSSR count). The normalized spacial score (nSPS) is 18.0. The van der Waals surface area contributed by atoms with Gasteiger partial charge in [0.05, 0.1) is 12.5 Å². The molecule has 0 fully saturated rings. The van der Waals surface area contributed by atoms with Crippen molar-refractivity contribution in [1.82, 2.24) is 0 Å². The quantitative estimate of drug-likeness (QED) is 0.708. The molecule has 6 nitrogen and oxygen atoms in total. The Hall–Kier alpha value is -3.67. The third kappa shape index (κ3) is 4.11. The summed E-state index contributed by atoms with van der Waals surface area (Å²) in [7, 11) is 1.57.